The molecule has 4 nitrogen and oxygen atoms in total. The second kappa shape index (κ2) is 5.84. The lowest BCUT2D eigenvalue weighted by molar-refractivity contribution is 0.0165. The first-order chi connectivity index (χ1) is 7.61. The molecule has 0 radical (unpaired) electrons. The van der Waals surface area contributed by atoms with E-state index in [9.17, 15) is 20.1 Å². The minimum atomic E-state index is -1.23. The molecule has 0 aromatic heterocycles. The summed E-state index contributed by atoms with van der Waals surface area (Å²) in [5.41, 5.74) is 0.191. The lowest BCUT2D eigenvalue weighted by Crippen LogP contribution is -2.19. The van der Waals surface area contributed by atoms with E-state index >= 15 is 0 Å². The first-order valence-corrected chi connectivity index (χ1v) is 5.34. The smallest absolute Gasteiger partial charge is 0.154 e. The summed E-state index contributed by atoms with van der Waals surface area (Å²) >= 11 is 5.44. The Kier molecular flexibility index (Phi) is 4.73. The number of alkyl halides is 1. The Balaban J connectivity index is 3.03. The fourth-order valence-electron chi connectivity index (χ4n) is 1.43. The van der Waals surface area contributed by atoms with Gasteiger partial charge in [-0.2, -0.15) is 0 Å². The Bertz CT molecular complexity index is 367. The lowest BCUT2D eigenvalue weighted by Gasteiger charge is -2.18. The van der Waals surface area contributed by atoms with Crippen molar-refractivity contribution >= 4 is 17.9 Å². The van der Waals surface area contributed by atoms with Gasteiger partial charge >= 0.3 is 0 Å². The van der Waals surface area contributed by atoms with Crippen LogP contribution in [0, 0.1) is 0 Å². The van der Waals surface area contributed by atoms with Crippen LogP contribution in [0.1, 0.15) is 28.4 Å². The van der Waals surface area contributed by atoms with Gasteiger partial charge in [0.1, 0.15) is 11.9 Å². The molecule has 2 atom stereocenters. The highest BCUT2D eigenvalue weighted by Gasteiger charge is 2.21. The van der Waals surface area contributed by atoms with Crippen LogP contribution in [0.2, 0.25) is 0 Å². The zero-order valence-corrected chi connectivity index (χ0v) is 9.26. The van der Waals surface area contributed by atoms with Crippen molar-refractivity contribution in [2.75, 3.05) is 5.88 Å². The molecular weight excluding hydrogens is 232 g/mol. The third kappa shape index (κ3) is 2.72. The molecule has 0 bridgehead atoms. The highest BCUT2D eigenvalue weighted by Crippen LogP contribution is 2.27. The molecule has 0 saturated heterocycles. The maximum atomic E-state index is 10.8. The fourth-order valence-corrected chi connectivity index (χ4v) is 1.66. The SMILES string of the molecule is O=Cc1c(O)cccc1C(O)C(O)CCCl. The number of aliphatic hydroxyl groups excluding tert-OH is 2. The van der Waals surface area contributed by atoms with Crippen LogP contribution in [0.4, 0.5) is 0 Å². The number of hydrogen-bond donors (Lipinski definition) is 3. The number of carbonyl (C=O) groups excluding carboxylic acids is 1. The van der Waals surface area contributed by atoms with E-state index in [2.05, 4.69) is 0 Å². The molecule has 88 valence electrons. The van der Waals surface area contributed by atoms with Gasteiger partial charge in [0.05, 0.1) is 11.7 Å². The van der Waals surface area contributed by atoms with E-state index in [1.807, 2.05) is 0 Å². The van der Waals surface area contributed by atoms with Crippen molar-refractivity contribution in [2.45, 2.75) is 18.6 Å². The molecule has 1 aromatic carbocycles. The van der Waals surface area contributed by atoms with Crippen LogP contribution in [0.25, 0.3) is 0 Å². The van der Waals surface area contributed by atoms with Crippen molar-refractivity contribution in [3.63, 3.8) is 0 Å². The summed E-state index contributed by atoms with van der Waals surface area (Å²) in [6.45, 7) is 0. The molecule has 5 heteroatoms. The average molecular weight is 245 g/mol. The average Bonchev–Trinajstić information content (AvgIpc) is 2.28. The molecule has 16 heavy (non-hydrogen) atoms. The maximum Gasteiger partial charge on any atom is 0.154 e. The van der Waals surface area contributed by atoms with E-state index in [-0.39, 0.29) is 29.2 Å². The van der Waals surface area contributed by atoms with Crippen molar-refractivity contribution in [3.8, 4) is 5.75 Å². The molecule has 1 rings (SSSR count). The molecule has 0 aliphatic heterocycles. The van der Waals surface area contributed by atoms with E-state index in [0.717, 1.165) is 0 Å². The van der Waals surface area contributed by atoms with Gasteiger partial charge in [-0.15, -0.1) is 11.6 Å². The number of aliphatic hydroxyl groups is 2. The zero-order chi connectivity index (χ0) is 12.1. The van der Waals surface area contributed by atoms with E-state index < -0.39 is 12.2 Å². The Morgan fingerprint density at radius 3 is 2.62 bits per heavy atom. The number of halogens is 1. The number of rotatable bonds is 5. The Hall–Kier alpha value is -1.10. The molecule has 0 aliphatic rings. The second-order valence-corrected chi connectivity index (χ2v) is 3.77. The van der Waals surface area contributed by atoms with Gasteiger partial charge in [-0.25, -0.2) is 0 Å². The highest BCUT2D eigenvalue weighted by atomic mass is 35.5. The third-order valence-electron chi connectivity index (χ3n) is 2.32. The number of phenolic OH excluding ortho intramolecular Hbond substituents is 1. The molecule has 1 aromatic rings. The third-order valence-corrected chi connectivity index (χ3v) is 2.54. The number of aldehydes is 1. The molecule has 2 unspecified atom stereocenters. The van der Waals surface area contributed by atoms with Crippen LogP contribution in [0.3, 0.4) is 0 Å². The summed E-state index contributed by atoms with van der Waals surface area (Å²) in [5, 5.41) is 28.7. The summed E-state index contributed by atoms with van der Waals surface area (Å²) in [4.78, 5) is 10.8. The fraction of sp³-hybridized carbons (Fsp3) is 0.364. The molecule has 0 spiro atoms. The number of benzene rings is 1. The summed E-state index contributed by atoms with van der Waals surface area (Å²) in [5.74, 6) is -0.0161. The van der Waals surface area contributed by atoms with Crippen molar-refractivity contribution in [1.82, 2.24) is 0 Å². The number of aromatic hydroxyl groups is 1. The second-order valence-electron chi connectivity index (χ2n) is 3.39. The molecule has 0 fully saturated rings. The van der Waals surface area contributed by atoms with Gasteiger partial charge in [-0.3, -0.25) is 4.79 Å². The molecular formula is C11H13ClO4. The Labute approximate surface area is 98.1 Å². The topological polar surface area (TPSA) is 77.8 Å². The van der Waals surface area contributed by atoms with Gasteiger partial charge in [-0.05, 0) is 18.1 Å². The normalized spacial score (nSPS) is 14.4. The number of hydrogen-bond acceptors (Lipinski definition) is 4. The van der Waals surface area contributed by atoms with E-state index in [1.165, 1.54) is 18.2 Å². The highest BCUT2D eigenvalue weighted by molar-refractivity contribution is 6.17. The van der Waals surface area contributed by atoms with Crippen molar-refractivity contribution in [3.05, 3.63) is 29.3 Å². The first-order valence-electron chi connectivity index (χ1n) is 4.81. The largest absolute Gasteiger partial charge is 0.507 e. The van der Waals surface area contributed by atoms with E-state index in [1.54, 1.807) is 0 Å². The van der Waals surface area contributed by atoms with Crippen LogP contribution in [-0.4, -0.2) is 33.6 Å². The zero-order valence-electron chi connectivity index (χ0n) is 8.51. The standard InChI is InChI=1S/C11H13ClO4/c12-5-4-10(15)11(16)7-2-1-3-9(14)8(7)6-13/h1-3,6,10-11,14-16H,4-5H2. The minimum absolute atomic E-state index is 0.0105. The van der Waals surface area contributed by atoms with E-state index in [4.69, 9.17) is 11.6 Å². The van der Waals surface area contributed by atoms with E-state index in [0.29, 0.717) is 6.29 Å². The maximum absolute atomic E-state index is 10.8. The molecule has 0 saturated carbocycles. The number of carbonyl (C=O) groups is 1. The van der Waals surface area contributed by atoms with Gasteiger partial charge in [0, 0.05) is 5.88 Å². The van der Waals surface area contributed by atoms with Gasteiger partial charge in [0.2, 0.25) is 0 Å². The molecule has 0 aliphatic carbocycles. The molecule has 3 N–H and O–H groups in total. The summed E-state index contributed by atoms with van der Waals surface area (Å²) in [7, 11) is 0. The lowest BCUT2D eigenvalue weighted by atomic mass is 9.97. The predicted molar refractivity (Wildman–Crippen MR) is 59.8 cm³/mol. The van der Waals surface area contributed by atoms with Crippen molar-refractivity contribution in [2.24, 2.45) is 0 Å². The van der Waals surface area contributed by atoms with Crippen molar-refractivity contribution < 1.29 is 20.1 Å². The Morgan fingerprint density at radius 2 is 2.06 bits per heavy atom. The summed E-state index contributed by atoms with van der Waals surface area (Å²) < 4.78 is 0. The van der Waals surface area contributed by atoms with Gasteiger partial charge in [0.25, 0.3) is 0 Å². The monoisotopic (exact) mass is 244 g/mol. The van der Waals surface area contributed by atoms with Gasteiger partial charge < -0.3 is 15.3 Å². The summed E-state index contributed by atoms with van der Waals surface area (Å²) in [6.07, 6.45) is -1.64. The van der Waals surface area contributed by atoms with Gasteiger partial charge in [-0.1, -0.05) is 12.1 Å². The van der Waals surface area contributed by atoms with Crippen LogP contribution in [-0.2, 0) is 0 Å². The number of phenols is 1. The first kappa shape index (κ1) is 13.0. The molecule has 0 amide bonds. The van der Waals surface area contributed by atoms with Crippen LogP contribution in [0.5, 0.6) is 5.75 Å². The van der Waals surface area contributed by atoms with Gasteiger partial charge in [0.15, 0.2) is 6.29 Å². The quantitative estimate of drug-likeness (QED) is 0.538. The summed E-state index contributed by atoms with van der Waals surface area (Å²) in [6, 6.07) is 4.31. The predicted octanol–water partition coefficient (Wildman–Crippen LogP) is 1.23. The van der Waals surface area contributed by atoms with Crippen LogP contribution < -0.4 is 0 Å². The minimum Gasteiger partial charge on any atom is -0.507 e. The molecule has 0 heterocycles. The van der Waals surface area contributed by atoms with Crippen molar-refractivity contribution in [1.29, 1.82) is 0 Å². The van der Waals surface area contributed by atoms with Crippen LogP contribution in [0.15, 0.2) is 18.2 Å². The van der Waals surface area contributed by atoms with Crippen LogP contribution >= 0.6 is 11.6 Å². The Morgan fingerprint density at radius 1 is 1.38 bits per heavy atom.